The standard InChI is InChI=1S/C25H35N3O2/c1-3-4-14-25(24(26)29,19-21-10-6-5-7-11-21)20-27-15-17-28(18-16-27)22-12-8-9-13-23(22)30-2/h5-13H,3-4,14-20H2,1-2H3,(H2,26,29). The lowest BCUT2D eigenvalue weighted by molar-refractivity contribution is -0.129. The van der Waals surface area contributed by atoms with E-state index in [1.54, 1.807) is 7.11 Å². The molecule has 2 N–H and O–H groups in total. The highest BCUT2D eigenvalue weighted by Gasteiger charge is 2.38. The van der Waals surface area contributed by atoms with Gasteiger partial charge in [0, 0.05) is 32.7 Å². The fourth-order valence-corrected chi connectivity index (χ4v) is 4.48. The lowest BCUT2D eigenvalue weighted by Crippen LogP contribution is -2.53. The Kier molecular flexibility index (Phi) is 7.75. The minimum absolute atomic E-state index is 0.174. The van der Waals surface area contributed by atoms with Crippen LogP contribution in [0, 0.1) is 5.41 Å². The Hall–Kier alpha value is -2.53. The smallest absolute Gasteiger partial charge is 0.225 e. The van der Waals surface area contributed by atoms with Crippen LogP contribution in [-0.2, 0) is 11.2 Å². The van der Waals surface area contributed by atoms with E-state index in [1.165, 1.54) is 5.56 Å². The Morgan fingerprint density at radius 1 is 1.03 bits per heavy atom. The molecular weight excluding hydrogens is 374 g/mol. The van der Waals surface area contributed by atoms with E-state index in [9.17, 15) is 4.79 Å². The summed E-state index contributed by atoms with van der Waals surface area (Å²) < 4.78 is 5.53. The second-order valence-electron chi connectivity index (χ2n) is 8.35. The first-order valence-corrected chi connectivity index (χ1v) is 11.0. The van der Waals surface area contributed by atoms with Crippen LogP contribution in [-0.4, -0.2) is 50.6 Å². The van der Waals surface area contributed by atoms with Crippen molar-refractivity contribution in [1.29, 1.82) is 0 Å². The number of rotatable bonds is 10. The van der Waals surface area contributed by atoms with Gasteiger partial charge in [0.15, 0.2) is 0 Å². The monoisotopic (exact) mass is 409 g/mol. The quantitative estimate of drug-likeness (QED) is 0.650. The molecule has 1 heterocycles. The van der Waals surface area contributed by atoms with E-state index in [1.807, 2.05) is 36.4 Å². The zero-order valence-electron chi connectivity index (χ0n) is 18.3. The lowest BCUT2D eigenvalue weighted by Gasteiger charge is -2.41. The van der Waals surface area contributed by atoms with Crippen LogP contribution >= 0.6 is 0 Å². The Morgan fingerprint density at radius 2 is 1.70 bits per heavy atom. The highest BCUT2D eigenvalue weighted by Crippen LogP contribution is 2.33. The predicted octanol–water partition coefficient (Wildman–Crippen LogP) is 3.72. The number of anilines is 1. The van der Waals surface area contributed by atoms with Crippen molar-refractivity contribution in [2.24, 2.45) is 11.1 Å². The van der Waals surface area contributed by atoms with Crippen molar-refractivity contribution in [3.05, 3.63) is 60.2 Å². The molecule has 1 saturated heterocycles. The van der Waals surface area contributed by atoms with Gasteiger partial charge in [-0.1, -0.05) is 62.2 Å². The Balaban J connectivity index is 1.71. The molecule has 1 aliphatic rings. The predicted molar refractivity (Wildman–Crippen MR) is 123 cm³/mol. The van der Waals surface area contributed by atoms with Gasteiger partial charge >= 0.3 is 0 Å². The highest BCUT2D eigenvalue weighted by molar-refractivity contribution is 5.81. The maximum Gasteiger partial charge on any atom is 0.225 e. The molecule has 0 bridgehead atoms. The first-order valence-electron chi connectivity index (χ1n) is 11.0. The topological polar surface area (TPSA) is 58.8 Å². The number of unbranched alkanes of at least 4 members (excludes halogenated alkanes) is 1. The van der Waals surface area contributed by atoms with Crippen LogP contribution in [0.3, 0.4) is 0 Å². The van der Waals surface area contributed by atoms with Crippen LogP contribution in [0.5, 0.6) is 5.75 Å². The zero-order chi connectivity index (χ0) is 21.4. The van der Waals surface area contributed by atoms with E-state index >= 15 is 0 Å². The van der Waals surface area contributed by atoms with E-state index in [0.29, 0.717) is 6.42 Å². The summed E-state index contributed by atoms with van der Waals surface area (Å²) in [5.74, 6) is 0.733. The summed E-state index contributed by atoms with van der Waals surface area (Å²) in [6.45, 7) is 6.53. The van der Waals surface area contributed by atoms with E-state index in [2.05, 4.69) is 34.9 Å². The van der Waals surface area contributed by atoms with Crippen molar-refractivity contribution >= 4 is 11.6 Å². The molecule has 2 aromatic carbocycles. The summed E-state index contributed by atoms with van der Waals surface area (Å²) in [4.78, 5) is 17.5. The van der Waals surface area contributed by atoms with Crippen LogP contribution in [0.1, 0.15) is 31.7 Å². The molecule has 0 radical (unpaired) electrons. The maximum atomic E-state index is 12.7. The average molecular weight is 410 g/mol. The molecule has 0 aromatic heterocycles. The first-order chi connectivity index (χ1) is 14.6. The largest absolute Gasteiger partial charge is 0.495 e. The van der Waals surface area contributed by atoms with Crippen molar-refractivity contribution in [2.75, 3.05) is 44.7 Å². The molecule has 1 aliphatic heterocycles. The fourth-order valence-electron chi connectivity index (χ4n) is 4.48. The van der Waals surface area contributed by atoms with Crippen LogP contribution in [0.15, 0.2) is 54.6 Å². The first kappa shape index (κ1) is 22.2. The van der Waals surface area contributed by atoms with Crippen molar-refractivity contribution in [3.8, 4) is 5.75 Å². The molecular formula is C25H35N3O2. The number of hydrogen-bond donors (Lipinski definition) is 1. The number of nitrogens with two attached hydrogens (primary N) is 1. The van der Waals surface area contributed by atoms with Gasteiger partial charge in [-0.3, -0.25) is 9.69 Å². The van der Waals surface area contributed by atoms with E-state index in [4.69, 9.17) is 10.5 Å². The molecule has 1 fully saturated rings. The third-order valence-corrected chi connectivity index (χ3v) is 6.24. The summed E-state index contributed by atoms with van der Waals surface area (Å²) in [5.41, 5.74) is 7.83. The Bertz CT molecular complexity index is 803. The second-order valence-corrected chi connectivity index (χ2v) is 8.35. The molecule has 30 heavy (non-hydrogen) atoms. The van der Waals surface area contributed by atoms with Gasteiger partial charge in [0.25, 0.3) is 0 Å². The minimum Gasteiger partial charge on any atom is -0.495 e. The summed E-state index contributed by atoms with van der Waals surface area (Å²) in [7, 11) is 1.72. The third-order valence-electron chi connectivity index (χ3n) is 6.24. The molecule has 0 saturated carbocycles. The number of piperazine rings is 1. The third kappa shape index (κ3) is 5.33. The number of hydrogen-bond acceptors (Lipinski definition) is 4. The Labute approximate surface area is 180 Å². The lowest BCUT2D eigenvalue weighted by atomic mass is 9.76. The number of carbonyl (C=O) groups is 1. The van der Waals surface area contributed by atoms with Gasteiger partial charge in [0.2, 0.25) is 5.91 Å². The summed E-state index contributed by atoms with van der Waals surface area (Å²) >= 11 is 0. The molecule has 2 aromatic rings. The van der Waals surface area contributed by atoms with Crippen LogP contribution in [0.25, 0.3) is 0 Å². The number of ether oxygens (including phenoxy) is 1. The van der Waals surface area contributed by atoms with Crippen molar-refractivity contribution in [2.45, 2.75) is 32.6 Å². The molecule has 162 valence electrons. The molecule has 5 heteroatoms. The summed E-state index contributed by atoms with van der Waals surface area (Å²) in [6, 6.07) is 18.4. The normalized spacial score (nSPS) is 16.8. The van der Waals surface area contributed by atoms with Gasteiger partial charge in [-0.2, -0.15) is 0 Å². The van der Waals surface area contributed by atoms with Gasteiger partial charge in [-0.25, -0.2) is 0 Å². The number of nitrogens with zero attached hydrogens (tertiary/aromatic N) is 2. The molecule has 3 rings (SSSR count). The average Bonchev–Trinajstić information content (AvgIpc) is 2.78. The summed E-state index contributed by atoms with van der Waals surface area (Å²) in [6.07, 6.45) is 3.61. The molecule has 0 aliphatic carbocycles. The van der Waals surface area contributed by atoms with Gasteiger partial charge in [0.05, 0.1) is 18.2 Å². The molecule has 0 spiro atoms. The maximum absolute atomic E-state index is 12.7. The van der Waals surface area contributed by atoms with E-state index < -0.39 is 5.41 Å². The molecule has 5 nitrogen and oxygen atoms in total. The number of para-hydroxylation sites is 2. The Morgan fingerprint density at radius 3 is 2.33 bits per heavy atom. The second kappa shape index (κ2) is 10.5. The van der Waals surface area contributed by atoms with E-state index in [0.717, 1.165) is 63.4 Å². The van der Waals surface area contributed by atoms with Crippen LogP contribution in [0.2, 0.25) is 0 Å². The number of methoxy groups -OCH3 is 1. The van der Waals surface area contributed by atoms with Crippen molar-refractivity contribution < 1.29 is 9.53 Å². The van der Waals surface area contributed by atoms with Crippen LogP contribution in [0.4, 0.5) is 5.69 Å². The van der Waals surface area contributed by atoms with E-state index in [-0.39, 0.29) is 5.91 Å². The minimum atomic E-state index is -0.524. The number of primary amides is 1. The molecule has 1 atom stereocenters. The highest BCUT2D eigenvalue weighted by atomic mass is 16.5. The fraction of sp³-hybridized carbons (Fsp3) is 0.480. The van der Waals surface area contributed by atoms with Crippen LogP contribution < -0.4 is 15.4 Å². The molecule has 1 amide bonds. The number of amides is 1. The zero-order valence-corrected chi connectivity index (χ0v) is 18.3. The van der Waals surface area contributed by atoms with Gasteiger partial charge in [-0.15, -0.1) is 0 Å². The summed E-state index contributed by atoms with van der Waals surface area (Å²) in [5, 5.41) is 0. The van der Waals surface area contributed by atoms with Crippen molar-refractivity contribution in [3.63, 3.8) is 0 Å². The van der Waals surface area contributed by atoms with Crippen molar-refractivity contribution in [1.82, 2.24) is 4.90 Å². The van der Waals surface area contributed by atoms with Gasteiger partial charge in [0.1, 0.15) is 5.75 Å². The SMILES string of the molecule is CCCCC(Cc1ccccc1)(CN1CCN(c2ccccc2OC)CC1)C(N)=O. The number of carbonyl (C=O) groups excluding carboxylic acids is 1. The number of benzene rings is 2. The molecule has 1 unspecified atom stereocenters. The van der Waals surface area contributed by atoms with Gasteiger partial charge in [-0.05, 0) is 30.5 Å². The van der Waals surface area contributed by atoms with Gasteiger partial charge < -0.3 is 15.4 Å².